The van der Waals surface area contributed by atoms with Gasteiger partial charge in [0.2, 0.25) is 0 Å². The molecule has 3 aliphatic carbocycles. The lowest BCUT2D eigenvalue weighted by Crippen LogP contribution is -2.52. The Morgan fingerprint density at radius 2 is 1.81 bits per heavy atom. The predicted molar refractivity (Wildman–Crippen MR) is 75.5 cm³/mol. The van der Waals surface area contributed by atoms with Crippen LogP contribution in [0.25, 0.3) is 0 Å². The second kappa shape index (κ2) is 4.50. The molecule has 3 unspecified atom stereocenters. The van der Waals surface area contributed by atoms with E-state index < -0.39 is 5.79 Å². The van der Waals surface area contributed by atoms with Crippen molar-refractivity contribution in [2.45, 2.75) is 51.2 Å². The normalized spacial score (nSPS) is 41.7. The number of Topliss-reactive ketones (excluding diaryl/α,β-unsaturated/α-hetero) is 2. The smallest absolute Gasteiger partial charge is 0.172 e. The number of carbonyl (C=O) groups is 2. The van der Waals surface area contributed by atoms with Gasteiger partial charge in [-0.15, -0.1) is 0 Å². The summed E-state index contributed by atoms with van der Waals surface area (Å²) >= 11 is 0. The summed E-state index contributed by atoms with van der Waals surface area (Å²) in [6.45, 7) is 3.49. The second-order valence-corrected chi connectivity index (χ2v) is 7.18. The van der Waals surface area contributed by atoms with Crippen molar-refractivity contribution in [3.05, 3.63) is 11.6 Å². The van der Waals surface area contributed by atoms with E-state index in [2.05, 4.69) is 13.0 Å². The summed E-state index contributed by atoms with van der Waals surface area (Å²) in [5.41, 5.74) is 1.11. The van der Waals surface area contributed by atoms with Crippen LogP contribution in [0, 0.1) is 17.3 Å². The number of ketones is 2. The maximum absolute atomic E-state index is 12.5. The third-order valence-electron chi connectivity index (χ3n) is 6.12. The van der Waals surface area contributed by atoms with Gasteiger partial charge in [0, 0.05) is 37.5 Å². The molecule has 3 fully saturated rings. The van der Waals surface area contributed by atoms with Gasteiger partial charge in [-0.1, -0.05) is 18.6 Å². The van der Waals surface area contributed by atoms with Crippen LogP contribution in [0.3, 0.4) is 0 Å². The van der Waals surface area contributed by atoms with Gasteiger partial charge in [0.25, 0.3) is 0 Å². The summed E-state index contributed by atoms with van der Waals surface area (Å²) < 4.78 is 11.7. The van der Waals surface area contributed by atoms with Crippen molar-refractivity contribution >= 4 is 11.6 Å². The third kappa shape index (κ3) is 1.88. The highest BCUT2D eigenvalue weighted by atomic mass is 16.7. The minimum atomic E-state index is -0.458. The van der Waals surface area contributed by atoms with E-state index in [0.29, 0.717) is 26.1 Å². The topological polar surface area (TPSA) is 52.6 Å². The van der Waals surface area contributed by atoms with Crippen LogP contribution in [0.1, 0.15) is 45.4 Å². The summed E-state index contributed by atoms with van der Waals surface area (Å²) in [6, 6.07) is 0. The van der Waals surface area contributed by atoms with Gasteiger partial charge in [-0.25, -0.2) is 0 Å². The van der Waals surface area contributed by atoms with Crippen molar-refractivity contribution in [2.75, 3.05) is 13.2 Å². The SMILES string of the molecule is CC12CCC3(CC1=CCC1C(=O)CCC(=O)C12)OCCO3. The molecule has 0 bridgehead atoms. The van der Waals surface area contributed by atoms with E-state index in [1.165, 1.54) is 5.57 Å². The van der Waals surface area contributed by atoms with E-state index in [-0.39, 0.29) is 28.8 Å². The average Bonchev–Trinajstić information content (AvgIpc) is 2.92. The molecule has 0 radical (unpaired) electrons. The Kier molecular flexibility index (Phi) is 2.92. The molecule has 0 N–H and O–H groups in total. The molecule has 3 atom stereocenters. The maximum atomic E-state index is 12.5. The molecule has 0 aromatic heterocycles. The lowest BCUT2D eigenvalue weighted by molar-refractivity contribution is -0.183. The number of hydrogen-bond donors (Lipinski definition) is 0. The van der Waals surface area contributed by atoms with Crippen LogP contribution < -0.4 is 0 Å². The Labute approximate surface area is 124 Å². The zero-order chi connectivity index (χ0) is 14.7. The van der Waals surface area contributed by atoms with E-state index in [0.717, 1.165) is 25.7 Å². The van der Waals surface area contributed by atoms with Crippen molar-refractivity contribution in [2.24, 2.45) is 17.3 Å². The van der Waals surface area contributed by atoms with Crippen molar-refractivity contribution in [1.29, 1.82) is 0 Å². The molecule has 1 spiro atoms. The number of allylic oxidation sites excluding steroid dienone is 1. The van der Waals surface area contributed by atoms with Crippen LogP contribution in [-0.4, -0.2) is 30.6 Å². The van der Waals surface area contributed by atoms with E-state index in [1.54, 1.807) is 0 Å². The van der Waals surface area contributed by atoms with E-state index in [9.17, 15) is 9.59 Å². The fraction of sp³-hybridized carbons (Fsp3) is 0.765. The molecule has 1 heterocycles. The molecule has 4 heteroatoms. The Morgan fingerprint density at radius 1 is 1.10 bits per heavy atom. The number of carbonyl (C=O) groups excluding carboxylic acids is 2. The molecule has 2 saturated carbocycles. The first-order chi connectivity index (χ1) is 10.0. The zero-order valence-corrected chi connectivity index (χ0v) is 12.5. The molecule has 4 nitrogen and oxygen atoms in total. The fourth-order valence-corrected chi connectivity index (χ4v) is 4.93. The molecule has 114 valence electrons. The fourth-order valence-electron chi connectivity index (χ4n) is 4.93. The van der Waals surface area contributed by atoms with E-state index in [4.69, 9.17) is 9.47 Å². The number of fused-ring (bicyclic) bond motifs is 3. The summed E-state index contributed by atoms with van der Waals surface area (Å²) in [5.74, 6) is -0.0847. The molecule has 0 aromatic rings. The Bertz CT molecular complexity index is 529. The van der Waals surface area contributed by atoms with Gasteiger partial charge < -0.3 is 9.47 Å². The summed E-state index contributed by atoms with van der Waals surface area (Å²) in [4.78, 5) is 24.7. The molecular weight excluding hydrogens is 268 g/mol. The van der Waals surface area contributed by atoms with Gasteiger partial charge in [-0.2, -0.15) is 0 Å². The monoisotopic (exact) mass is 290 g/mol. The van der Waals surface area contributed by atoms with Gasteiger partial charge in [0.05, 0.1) is 13.2 Å². The summed E-state index contributed by atoms with van der Waals surface area (Å²) in [5, 5.41) is 0. The van der Waals surface area contributed by atoms with Crippen molar-refractivity contribution in [1.82, 2.24) is 0 Å². The molecular formula is C17H22O4. The zero-order valence-electron chi connectivity index (χ0n) is 12.5. The predicted octanol–water partition coefficient (Wildman–Crippen LogP) is 2.41. The maximum Gasteiger partial charge on any atom is 0.172 e. The average molecular weight is 290 g/mol. The summed E-state index contributed by atoms with van der Waals surface area (Å²) in [6.07, 6.45) is 6.25. The molecule has 0 aromatic carbocycles. The molecule has 4 aliphatic rings. The second-order valence-electron chi connectivity index (χ2n) is 7.18. The Hall–Kier alpha value is -1.00. The van der Waals surface area contributed by atoms with Crippen LogP contribution in [0.2, 0.25) is 0 Å². The molecule has 4 rings (SSSR count). The standard InChI is InChI=1S/C17H22O4/c1-16-6-7-17(20-8-9-21-17)10-11(16)2-3-12-13(18)4-5-14(19)15(12)16/h2,12,15H,3-10H2,1H3. The first-order valence-corrected chi connectivity index (χ1v) is 8.07. The van der Waals surface area contributed by atoms with Gasteiger partial charge >= 0.3 is 0 Å². The van der Waals surface area contributed by atoms with Gasteiger partial charge in [0.15, 0.2) is 5.79 Å². The van der Waals surface area contributed by atoms with Crippen molar-refractivity contribution in [3.63, 3.8) is 0 Å². The lowest BCUT2D eigenvalue weighted by Gasteiger charge is -2.52. The van der Waals surface area contributed by atoms with Crippen LogP contribution in [0.5, 0.6) is 0 Å². The molecule has 0 amide bonds. The first kappa shape index (κ1) is 13.6. The molecule has 21 heavy (non-hydrogen) atoms. The van der Waals surface area contributed by atoms with Gasteiger partial charge in [-0.05, 0) is 18.3 Å². The number of rotatable bonds is 0. The highest BCUT2D eigenvalue weighted by Gasteiger charge is 2.56. The quantitative estimate of drug-likeness (QED) is 0.643. The van der Waals surface area contributed by atoms with Crippen LogP contribution >= 0.6 is 0 Å². The van der Waals surface area contributed by atoms with E-state index in [1.807, 2.05) is 0 Å². The number of hydrogen-bond acceptors (Lipinski definition) is 4. The molecule has 1 aliphatic heterocycles. The highest BCUT2D eigenvalue weighted by molar-refractivity contribution is 5.97. The minimum absolute atomic E-state index is 0.0838. The first-order valence-electron chi connectivity index (χ1n) is 8.07. The molecule has 1 saturated heterocycles. The Morgan fingerprint density at radius 3 is 2.57 bits per heavy atom. The lowest BCUT2D eigenvalue weighted by atomic mass is 9.52. The third-order valence-corrected chi connectivity index (χ3v) is 6.12. The van der Waals surface area contributed by atoms with Crippen molar-refractivity contribution < 1.29 is 19.1 Å². The van der Waals surface area contributed by atoms with Gasteiger partial charge in [0.1, 0.15) is 11.6 Å². The van der Waals surface area contributed by atoms with Crippen LogP contribution in [-0.2, 0) is 19.1 Å². The van der Waals surface area contributed by atoms with Crippen molar-refractivity contribution in [3.8, 4) is 0 Å². The van der Waals surface area contributed by atoms with Crippen LogP contribution in [0.15, 0.2) is 11.6 Å². The Balaban J connectivity index is 1.70. The van der Waals surface area contributed by atoms with E-state index >= 15 is 0 Å². The number of ether oxygens (including phenoxy) is 2. The van der Waals surface area contributed by atoms with Crippen LogP contribution in [0.4, 0.5) is 0 Å². The largest absolute Gasteiger partial charge is 0.347 e. The van der Waals surface area contributed by atoms with Gasteiger partial charge in [-0.3, -0.25) is 9.59 Å². The highest BCUT2D eigenvalue weighted by Crippen LogP contribution is 2.57. The minimum Gasteiger partial charge on any atom is -0.347 e. The summed E-state index contributed by atoms with van der Waals surface area (Å²) in [7, 11) is 0.